The Bertz CT molecular complexity index is 459. The van der Waals surface area contributed by atoms with Crippen molar-refractivity contribution in [2.24, 2.45) is 0 Å². The van der Waals surface area contributed by atoms with Crippen LogP contribution in [0.5, 0.6) is 0 Å². The van der Waals surface area contributed by atoms with Gasteiger partial charge < -0.3 is 5.32 Å². The molecule has 1 N–H and O–H groups in total. The van der Waals surface area contributed by atoms with Crippen molar-refractivity contribution in [2.45, 2.75) is 38.0 Å². The molecule has 1 aliphatic rings. The second-order valence-corrected chi connectivity index (χ2v) is 10.6. The highest BCUT2D eigenvalue weighted by Crippen LogP contribution is 2.16. The van der Waals surface area contributed by atoms with Gasteiger partial charge in [-0.25, -0.2) is 16.8 Å². The molecule has 0 aromatic rings. The highest BCUT2D eigenvalue weighted by molar-refractivity contribution is 7.92. The third kappa shape index (κ3) is 4.22. The van der Waals surface area contributed by atoms with E-state index in [4.69, 9.17) is 0 Å². The zero-order valence-corrected chi connectivity index (χ0v) is 12.2. The molecular weight excluding hydrogens is 262 g/mol. The Balaban J connectivity index is 2.40. The van der Waals surface area contributed by atoms with Crippen LogP contribution in [0.1, 0.15) is 27.2 Å². The van der Waals surface area contributed by atoms with Crippen LogP contribution in [0.25, 0.3) is 0 Å². The Morgan fingerprint density at radius 2 is 1.88 bits per heavy atom. The molecule has 0 saturated carbocycles. The van der Waals surface area contributed by atoms with Gasteiger partial charge in [-0.15, -0.1) is 0 Å². The minimum atomic E-state index is -3.13. The van der Waals surface area contributed by atoms with Crippen molar-refractivity contribution in [1.29, 1.82) is 0 Å². The minimum absolute atomic E-state index is 0.0487. The van der Waals surface area contributed by atoms with Crippen molar-refractivity contribution < 1.29 is 16.8 Å². The maximum atomic E-state index is 11.8. The SMILES string of the molecule is CC(C)(C)S(=O)(=O)CCNC1CCS(=O)(=O)C1. The Labute approximate surface area is 104 Å². The second-order valence-electron chi connectivity index (χ2n) is 5.49. The average molecular weight is 283 g/mol. The van der Waals surface area contributed by atoms with Gasteiger partial charge in [0.1, 0.15) is 0 Å². The summed E-state index contributed by atoms with van der Waals surface area (Å²) in [6.07, 6.45) is 0.581. The van der Waals surface area contributed by atoms with Gasteiger partial charge in [-0.2, -0.15) is 0 Å². The van der Waals surface area contributed by atoms with Crippen molar-refractivity contribution in [3.63, 3.8) is 0 Å². The first-order valence-corrected chi connectivity index (χ1v) is 9.17. The highest BCUT2D eigenvalue weighted by atomic mass is 32.2. The maximum absolute atomic E-state index is 11.8. The van der Waals surface area contributed by atoms with Crippen LogP contribution in [-0.4, -0.2) is 51.4 Å². The van der Waals surface area contributed by atoms with Crippen LogP contribution in [-0.2, 0) is 19.7 Å². The van der Waals surface area contributed by atoms with Gasteiger partial charge in [0.15, 0.2) is 19.7 Å². The minimum Gasteiger partial charge on any atom is -0.312 e. The first-order chi connectivity index (χ1) is 7.54. The molecule has 7 heteroatoms. The number of sulfone groups is 2. The van der Waals surface area contributed by atoms with Crippen LogP contribution in [0, 0.1) is 0 Å². The van der Waals surface area contributed by atoms with E-state index in [2.05, 4.69) is 5.32 Å². The van der Waals surface area contributed by atoms with E-state index in [1.807, 2.05) is 0 Å². The number of rotatable bonds is 4. The molecule has 0 amide bonds. The van der Waals surface area contributed by atoms with E-state index in [-0.39, 0.29) is 23.3 Å². The fourth-order valence-electron chi connectivity index (χ4n) is 1.66. The molecule has 1 atom stereocenters. The van der Waals surface area contributed by atoms with E-state index < -0.39 is 24.4 Å². The van der Waals surface area contributed by atoms with Crippen molar-refractivity contribution in [3.8, 4) is 0 Å². The highest BCUT2D eigenvalue weighted by Gasteiger charge is 2.30. The molecular formula is C10H21NO4S2. The molecule has 1 fully saturated rings. The zero-order chi connectivity index (χ0) is 13.3. The molecule has 0 aromatic heterocycles. The molecule has 102 valence electrons. The molecule has 0 bridgehead atoms. The second kappa shape index (κ2) is 4.85. The third-order valence-corrected chi connectivity index (χ3v) is 7.34. The van der Waals surface area contributed by atoms with Crippen LogP contribution >= 0.6 is 0 Å². The molecule has 0 radical (unpaired) electrons. The van der Waals surface area contributed by atoms with Gasteiger partial charge in [-0.05, 0) is 27.2 Å². The lowest BCUT2D eigenvalue weighted by molar-refractivity contribution is 0.542. The largest absolute Gasteiger partial charge is 0.312 e. The van der Waals surface area contributed by atoms with Gasteiger partial charge in [0, 0.05) is 12.6 Å². The fourth-order valence-corrected chi connectivity index (χ4v) is 4.37. The van der Waals surface area contributed by atoms with Gasteiger partial charge in [0.25, 0.3) is 0 Å². The summed E-state index contributed by atoms with van der Waals surface area (Å²) in [5.41, 5.74) is 0. The molecule has 17 heavy (non-hydrogen) atoms. The van der Waals surface area contributed by atoms with Crippen LogP contribution in [0.2, 0.25) is 0 Å². The fraction of sp³-hybridized carbons (Fsp3) is 1.00. The topological polar surface area (TPSA) is 80.3 Å². The zero-order valence-electron chi connectivity index (χ0n) is 10.6. The summed E-state index contributed by atoms with van der Waals surface area (Å²) >= 11 is 0. The first-order valence-electron chi connectivity index (χ1n) is 5.70. The van der Waals surface area contributed by atoms with E-state index in [0.29, 0.717) is 13.0 Å². The molecule has 1 heterocycles. The maximum Gasteiger partial charge on any atom is 0.156 e. The summed E-state index contributed by atoms with van der Waals surface area (Å²) in [6, 6.07) is -0.0878. The van der Waals surface area contributed by atoms with Gasteiger partial charge in [0.2, 0.25) is 0 Å². The van der Waals surface area contributed by atoms with Crippen molar-refractivity contribution in [1.82, 2.24) is 5.32 Å². The predicted molar refractivity (Wildman–Crippen MR) is 68.6 cm³/mol. The van der Waals surface area contributed by atoms with E-state index in [9.17, 15) is 16.8 Å². The summed E-state index contributed by atoms with van der Waals surface area (Å²) < 4.78 is 45.2. The Morgan fingerprint density at radius 3 is 2.29 bits per heavy atom. The van der Waals surface area contributed by atoms with Gasteiger partial charge >= 0.3 is 0 Å². The van der Waals surface area contributed by atoms with Crippen LogP contribution in [0.3, 0.4) is 0 Å². The Hall–Kier alpha value is -0.140. The molecule has 1 aliphatic heterocycles. The number of hydrogen-bond donors (Lipinski definition) is 1. The molecule has 1 rings (SSSR count). The quantitative estimate of drug-likeness (QED) is 0.784. The van der Waals surface area contributed by atoms with Crippen molar-refractivity contribution >= 4 is 19.7 Å². The summed E-state index contributed by atoms with van der Waals surface area (Å²) in [7, 11) is -6.03. The lowest BCUT2D eigenvalue weighted by Crippen LogP contribution is -2.38. The lowest BCUT2D eigenvalue weighted by Gasteiger charge is -2.20. The predicted octanol–water partition coefficient (Wildman–Crippen LogP) is -0.0236. The van der Waals surface area contributed by atoms with Gasteiger partial charge in [-0.3, -0.25) is 0 Å². The summed E-state index contributed by atoms with van der Waals surface area (Å²) in [5, 5.41) is 3.01. The first kappa shape index (κ1) is 14.9. The smallest absolute Gasteiger partial charge is 0.156 e. The summed E-state index contributed by atoms with van der Waals surface area (Å²) in [4.78, 5) is 0. The normalized spacial score (nSPS) is 25.0. The third-order valence-electron chi connectivity index (χ3n) is 2.97. The van der Waals surface area contributed by atoms with E-state index in [1.165, 1.54) is 0 Å². The molecule has 5 nitrogen and oxygen atoms in total. The van der Waals surface area contributed by atoms with E-state index in [1.54, 1.807) is 20.8 Å². The number of nitrogens with one attached hydrogen (secondary N) is 1. The Kier molecular flexibility index (Phi) is 4.26. The van der Waals surface area contributed by atoms with Gasteiger partial charge in [-0.1, -0.05) is 0 Å². The summed E-state index contributed by atoms with van der Waals surface area (Å²) in [6.45, 7) is 5.33. The standard InChI is InChI=1S/C10H21NO4S2/c1-10(2,3)17(14,15)7-5-11-9-4-6-16(12,13)8-9/h9,11H,4-8H2,1-3H3. The number of hydrogen-bond acceptors (Lipinski definition) is 5. The lowest BCUT2D eigenvalue weighted by atomic mass is 10.3. The Morgan fingerprint density at radius 1 is 1.29 bits per heavy atom. The van der Waals surface area contributed by atoms with Crippen molar-refractivity contribution in [2.75, 3.05) is 23.8 Å². The van der Waals surface area contributed by atoms with E-state index >= 15 is 0 Å². The van der Waals surface area contributed by atoms with Crippen molar-refractivity contribution in [3.05, 3.63) is 0 Å². The van der Waals surface area contributed by atoms with Crippen LogP contribution in [0.4, 0.5) is 0 Å². The van der Waals surface area contributed by atoms with E-state index in [0.717, 1.165) is 0 Å². The molecule has 0 aromatic carbocycles. The van der Waals surface area contributed by atoms with Gasteiger partial charge in [0.05, 0.1) is 22.0 Å². The molecule has 1 unspecified atom stereocenters. The average Bonchev–Trinajstić information content (AvgIpc) is 2.43. The molecule has 0 spiro atoms. The summed E-state index contributed by atoms with van der Waals surface area (Å²) in [5.74, 6) is 0.381. The molecule has 1 saturated heterocycles. The monoisotopic (exact) mass is 283 g/mol. The van der Waals surface area contributed by atoms with Crippen LogP contribution < -0.4 is 5.32 Å². The molecule has 0 aliphatic carbocycles. The van der Waals surface area contributed by atoms with Crippen LogP contribution in [0.15, 0.2) is 0 Å².